The number of hydrogen-bond donors (Lipinski definition) is 1. The number of benzene rings is 2. The molecule has 2 rings (SSSR count). The molecule has 1 amide bonds. The van der Waals surface area contributed by atoms with Gasteiger partial charge in [0.05, 0.1) is 0 Å². The summed E-state index contributed by atoms with van der Waals surface area (Å²) in [7, 11) is 0. The molecule has 2 aromatic rings. The summed E-state index contributed by atoms with van der Waals surface area (Å²) in [6, 6.07) is 13.9. The first kappa shape index (κ1) is 14.2. The Labute approximate surface area is 122 Å². The van der Waals surface area contributed by atoms with E-state index in [2.05, 4.69) is 5.32 Å². The lowest BCUT2D eigenvalue weighted by atomic mass is 10.3. The van der Waals surface area contributed by atoms with Gasteiger partial charge in [-0.25, -0.2) is 4.79 Å². The Morgan fingerprint density at radius 2 is 1.80 bits per heavy atom. The number of rotatable bonds is 4. The minimum absolute atomic E-state index is 0.419. The number of ether oxygens (including phenoxy) is 2. The molecule has 4 nitrogen and oxygen atoms in total. The van der Waals surface area contributed by atoms with Gasteiger partial charge in [0.2, 0.25) is 0 Å². The lowest BCUT2D eigenvalue weighted by molar-refractivity contribution is 0.201. The van der Waals surface area contributed by atoms with Gasteiger partial charge in [-0.1, -0.05) is 17.7 Å². The third kappa shape index (κ3) is 4.17. The number of amides is 1. The van der Waals surface area contributed by atoms with Crippen LogP contribution in [-0.2, 0) is 0 Å². The SMILES string of the molecule is CCNC(=O)Oc1cccc(Oc2ccc(Cl)cc2)c1. The van der Waals surface area contributed by atoms with E-state index in [1.54, 1.807) is 48.5 Å². The topological polar surface area (TPSA) is 47.6 Å². The van der Waals surface area contributed by atoms with Crippen molar-refractivity contribution in [3.63, 3.8) is 0 Å². The van der Waals surface area contributed by atoms with Gasteiger partial charge in [-0.15, -0.1) is 0 Å². The van der Waals surface area contributed by atoms with Gasteiger partial charge in [-0.05, 0) is 43.3 Å². The summed E-state index contributed by atoms with van der Waals surface area (Å²) < 4.78 is 10.7. The van der Waals surface area contributed by atoms with Gasteiger partial charge in [-0.3, -0.25) is 0 Å². The van der Waals surface area contributed by atoms with Crippen molar-refractivity contribution in [1.82, 2.24) is 5.32 Å². The highest BCUT2D eigenvalue weighted by Gasteiger charge is 2.04. The number of nitrogens with one attached hydrogen (secondary N) is 1. The first-order chi connectivity index (χ1) is 9.67. The van der Waals surface area contributed by atoms with E-state index in [-0.39, 0.29) is 0 Å². The minimum atomic E-state index is -0.490. The molecule has 5 heteroatoms. The molecule has 0 aliphatic heterocycles. The molecule has 0 heterocycles. The second-order valence-corrected chi connectivity index (χ2v) is 4.39. The van der Waals surface area contributed by atoms with E-state index in [0.717, 1.165) is 0 Å². The zero-order valence-corrected chi connectivity index (χ0v) is 11.7. The molecule has 0 fully saturated rings. The molecule has 0 atom stereocenters. The molecule has 0 aromatic heterocycles. The molecule has 20 heavy (non-hydrogen) atoms. The molecule has 0 unspecified atom stereocenters. The first-order valence-corrected chi connectivity index (χ1v) is 6.54. The maximum Gasteiger partial charge on any atom is 0.412 e. The van der Waals surface area contributed by atoms with Crippen LogP contribution in [0.1, 0.15) is 6.92 Å². The maximum atomic E-state index is 11.3. The van der Waals surface area contributed by atoms with Gasteiger partial charge < -0.3 is 14.8 Å². The Bertz CT molecular complexity index is 584. The van der Waals surface area contributed by atoms with Crippen molar-refractivity contribution < 1.29 is 14.3 Å². The zero-order chi connectivity index (χ0) is 14.4. The Hall–Kier alpha value is -2.20. The van der Waals surface area contributed by atoms with Crippen molar-refractivity contribution in [2.75, 3.05) is 6.54 Å². The summed E-state index contributed by atoms with van der Waals surface area (Å²) in [5.74, 6) is 1.65. The largest absolute Gasteiger partial charge is 0.457 e. The highest BCUT2D eigenvalue weighted by atomic mass is 35.5. The second kappa shape index (κ2) is 6.82. The van der Waals surface area contributed by atoms with E-state index < -0.39 is 6.09 Å². The Kier molecular flexibility index (Phi) is 4.85. The summed E-state index contributed by atoms with van der Waals surface area (Å²) >= 11 is 5.81. The van der Waals surface area contributed by atoms with Crippen LogP contribution in [-0.4, -0.2) is 12.6 Å². The van der Waals surface area contributed by atoms with Crippen molar-refractivity contribution >= 4 is 17.7 Å². The van der Waals surface area contributed by atoms with Crippen LogP contribution in [0.25, 0.3) is 0 Å². The highest BCUT2D eigenvalue weighted by molar-refractivity contribution is 6.30. The molecular weight excluding hydrogens is 278 g/mol. The fourth-order valence-corrected chi connectivity index (χ4v) is 1.65. The first-order valence-electron chi connectivity index (χ1n) is 6.16. The average Bonchev–Trinajstić information content (AvgIpc) is 2.42. The average molecular weight is 292 g/mol. The van der Waals surface area contributed by atoms with Gasteiger partial charge in [-0.2, -0.15) is 0 Å². The summed E-state index contributed by atoms with van der Waals surface area (Å²) in [6.07, 6.45) is -0.490. The molecule has 104 valence electrons. The maximum absolute atomic E-state index is 11.3. The van der Waals surface area contributed by atoms with Gasteiger partial charge in [0.15, 0.2) is 0 Å². The fraction of sp³-hybridized carbons (Fsp3) is 0.133. The molecule has 0 aliphatic rings. The molecule has 0 radical (unpaired) electrons. The van der Waals surface area contributed by atoms with Crippen LogP contribution >= 0.6 is 11.6 Å². The summed E-state index contributed by atoms with van der Waals surface area (Å²) in [4.78, 5) is 11.3. The quantitative estimate of drug-likeness (QED) is 0.916. The van der Waals surface area contributed by atoms with Crippen molar-refractivity contribution in [2.45, 2.75) is 6.92 Å². The fourth-order valence-electron chi connectivity index (χ4n) is 1.53. The van der Waals surface area contributed by atoms with E-state index in [4.69, 9.17) is 21.1 Å². The third-order valence-electron chi connectivity index (χ3n) is 2.39. The monoisotopic (exact) mass is 291 g/mol. The molecule has 0 aliphatic carbocycles. The number of halogens is 1. The van der Waals surface area contributed by atoms with Gasteiger partial charge in [0.1, 0.15) is 17.2 Å². The molecule has 0 saturated carbocycles. The van der Waals surface area contributed by atoms with Crippen LogP contribution < -0.4 is 14.8 Å². The molecule has 2 aromatic carbocycles. The molecular formula is C15H14ClNO3. The van der Waals surface area contributed by atoms with E-state index >= 15 is 0 Å². The summed E-state index contributed by atoms with van der Waals surface area (Å²) in [5, 5.41) is 3.20. The highest BCUT2D eigenvalue weighted by Crippen LogP contribution is 2.26. The summed E-state index contributed by atoms with van der Waals surface area (Å²) in [6.45, 7) is 2.33. The van der Waals surface area contributed by atoms with Crippen molar-refractivity contribution in [3.8, 4) is 17.2 Å². The standard InChI is InChI=1S/C15H14ClNO3/c1-2-17-15(18)20-14-5-3-4-13(10-14)19-12-8-6-11(16)7-9-12/h3-10H,2H2,1H3,(H,17,18). The number of hydrogen-bond acceptors (Lipinski definition) is 3. The Morgan fingerprint density at radius 3 is 2.50 bits per heavy atom. The van der Waals surface area contributed by atoms with Crippen molar-refractivity contribution in [2.24, 2.45) is 0 Å². The predicted octanol–water partition coefficient (Wildman–Crippen LogP) is 4.24. The van der Waals surface area contributed by atoms with Crippen LogP contribution in [0.2, 0.25) is 5.02 Å². The lowest BCUT2D eigenvalue weighted by Gasteiger charge is -2.08. The van der Waals surface area contributed by atoms with Crippen LogP contribution in [0.3, 0.4) is 0 Å². The van der Waals surface area contributed by atoms with E-state index in [9.17, 15) is 4.79 Å². The van der Waals surface area contributed by atoms with Crippen molar-refractivity contribution in [3.05, 3.63) is 53.6 Å². The minimum Gasteiger partial charge on any atom is -0.457 e. The molecule has 1 N–H and O–H groups in total. The number of carbonyl (C=O) groups is 1. The predicted molar refractivity (Wildman–Crippen MR) is 77.7 cm³/mol. The van der Waals surface area contributed by atoms with E-state index in [1.165, 1.54) is 0 Å². The normalized spacial score (nSPS) is 9.90. The van der Waals surface area contributed by atoms with Gasteiger partial charge in [0, 0.05) is 17.6 Å². The smallest absolute Gasteiger partial charge is 0.412 e. The van der Waals surface area contributed by atoms with E-state index in [0.29, 0.717) is 28.8 Å². The van der Waals surface area contributed by atoms with Crippen LogP contribution in [0, 0.1) is 0 Å². The van der Waals surface area contributed by atoms with Gasteiger partial charge >= 0.3 is 6.09 Å². The van der Waals surface area contributed by atoms with Gasteiger partial charge in [0.25, 0.3) is 0 Å². The third-order valence-corrected chi connectivity index (χ3v) is 2.64. The van der Waals surface area contributed by atoms with Crippen LogP contribution in [0.5, 0.6) is 17.2 Å². The molecule has 0 saturated heterocycles. The Morgan fingerprint density at radius 1 is 1.10 bits per heavy atom. The molecule has 0 spiro atoms. The lowest BCUT2D eigenvalue weighted by Crippen LogP contribution is -2.26. The van der Waals surface area contributed by atoms with Crippen molar-refractivity contribution in [1.29, 1.82) is 0 Å². The number of carbonyl (C=O) groups excluding carboxylic acids is 1. The van der Waals surface area contributed by atoms with E-state index in [1.807, 2.05) is 6.92 Å². The van der Waals surface area contributed by atoms with Crippen LogP contribution in [0.15, 0.2) is 48.5 Å². The van der Waals surface area contributed by atoms with Crippen LogP contribution in [0.4, 0.5) is 4.79 Å². The Balaban J connectivity index is 2.05. The second-order valence-electron chi connectivity index (χ2n) is 3.95. The summed E-state index contributed by atoms with van der Waals surface area (Å²) in [5.41, 5.74) is 0. The zero-order valence-electron chi connectivity index (χ0n) is 10.9. The molecule has 0 bridgehead atoms.